The van der Waals surface area contributed by atoms with Gasteiger partial charge in [-0.15, -0.1) is 0 Å². The van der Waals surface area contributed by atoms with Crippen molar-refractivity contribution in [2.75, 3.05) is 26.7 Å². The Bertz CT molecular complexity index is 1050. The smallest absolute Gasteiger partial charge is 0.170 e. The number of ether oxygens (including phenoxy) is 2. The number of hydrogen-bond donors (Lipinski definition) is 1. The number of hydrogen-bond acceptors (Lipinski definition) is 6. The summed E-state index contributed by atoms with van der Waals surface area (Å²) >= 11 is 0. The van der Waals surface area contributed by atoms with E-state index in [1.807, 2.05) is 22.9 Å². The lowest BCUT2D eigenvalue weighted by Gasteiger charge is -2.40. The Morgan fingerprint density at radius 2 is 1.90 bits per heavy atom. The zero-order chi connectivity index (χ0) is 20.5. The molecule has 2 aromatic heterocycles. The second-order valence-corrected chi connectivity index (χ2v) is 7.41. The van der Waals surface area contributed by atoms with E-state index in [0.29, 0.717) is 0 Å². The Balaban J connectivity index is 1.30. The fraction of sp³-hybridized carbons (Fsp3) is 0.273. The summed E-state index contributed by atoms with van der Waals surface area (Å²) in [6.07, 6.45) is 7.16. The average Bonchev–Trinajstić information content (AvgIpc) is 3.17. The first-order valence-corrected chi connectivity index (χ1v) is 9.82. The van der Waals surface area contributed by atoms with E-state index in [2.05, 4.69) is 20.2 Å². The number of rotatable bonds is 6. The van der Waals surface area contributed by atoms with Gasteiger partial charge >= 0.3 is 0 Å². The van der Waals surface area contributed by atoms with Crippen LogP contribution in [0.3, 0.4) is 0 Å². The van der Waals surface area contributed by atoms with Crippen LogP contribution in [0.5, 0.6) is 5.75 Å². The lowest BCUT2D eigenvalue weighted by atomic mass is 10.1. The molecule has 0 aliphatic carbocycles. The number of halogens is 1. The number of nitrogens with one attached hydrogen (secondary N) is 1. The van der Waals surface area contributed by atoms with Gasteiger partial charge in [0.15, 0.2) is 6.23 Å². The van der Waals surface area contributed by atoms with Gasteiger partial charge in [-0.2, -0.15) is 0 Å². The molecule has 0 saturated carbocycles. The van der Waals surface area contributed by atoms with Crippen molar-refractivity contribution in [1.82, 2.24) is 24.8 Å². The van der Waals surface area contributed by atoms with Crippen molar-refractivity contribution < 1.29 is 13.9 Å². The summed E-state index contributed by atoms with van der Waals surface area (Å²) in [5.41, 5.74) is 2.78. The van der Waals surface area contributed by atoms with Crippen molar-refractivity contribution in [3.05, 3.63) is 72.2 Å². The molecule has 0 spiro atoms. The van der Waals surface area contributed by atoms with Gasteiger partial charge in [0.2, 0.25) is 0 Å². The Morgan fingerprint density at radius 3 is 2.63 bits per heavy atom. The first kappa shape index (κ1) is 18.8. The quantitative estimate of drug-likeness (QED) is 0.678. The van der Waals surface area contributed by atoms with E-state index in [0.717, 1.165) is 48.2 Å². The normalized spacial score (nSPS) is 18.9. The summed E-state index contributed by atoms with van der Waals surface area (Å²) in [7, 11) is 1.66. The minimum Gasteiger partial charge on any atom is -0.488 e. The van der Waals surface area contributed by atoms with Gasteiger partial charge in [-0.05, 0) is 36.4 Å². The van der Waals surface area contributed by atoms with E-state index in [4.69, 9.17) is 9.47 Å². The molecule has 1 unspecified atom stereocenters. The van der Waals surface area contributed by atoms with Crippen LogP contribution in [0.25, 0.3) is 17.6 Å². The highest BCUT2D eigenvalue weighted by Crippen LogP contribution is 2.29. The number of pyridine rings is 1. The van der Waals surface area contributed by atoms with Gasteiger partial charge in [0.1, 0.15) is 23.5 Å². The monoisotopic (exact) mass is 407 g/mol. The first-order chi connectivity index (χ1) is 14.7. The van der Waals surface area contributed by atoms with E-state index < -0.39 is 0 Å². The van der Waals surface area contributed by atoms with E-state index in [-0.39, 0.29) is 18.1 Å². The molecule has 8 heteroatoms. The van der Waals surface area contributed by atoms with Crippen LogP contribution in [0.4, 0.5) is 4.39 Å². The number of methoxy groups -OCH3 is 1. The Labute approximate surface area is 173 Å². The van der Waals surface area contributed by atoms with Crippen LogP contribution < -0.4 is 10.1 Å². The topological polar surface area (TPSA) is 64.4 Å². The average molecular weight is 407 g/mol. The maximum absolute atomic E-state index is 13.3. The van der Waals surface area contributed by atoms with Crippen molar-refractivity contribution in [3.8, 4) is 17.1 Å². The molecular formula is C22H22FN5O2. The minimum absolute atomic E-state index is 0.174. The minimum atomic E-state index is -0.295. The third-order valence-electron chi connectivity index (χ3n) is 5.30. The van der Waals surface area contributed by atoms with E-state index in [9.17, 15) is 4.39 Å². The number of aromatic nitrogens is 3. The lowest BCUT2D eigenvalue weighted by Crippen LogP contribution is -2.55. The molecule has 2 aliphatic rings. The molecule has 0 radical (unpaired) electrons. The molecule has 1 atom stereocenters. The highest BCUT2D eigenvalue weighted by Gasteiger charge is 2.31. The number of imidazole rings is 1. The van der Waals surface area contributed by atoms with Crippen LogP contribution in [0.2, 0.25) is 0 Å². The number of likely N-dealkylation sites (tertiary alicyclic amines) is 1. The van der Waals surface area contributed by atoms with Gasteiger partial charge in [0.05, 0.1) is 11.9 Å². The molecule has 1 fully saturated rings. The van der Waals surface area contributed by atoms with Gasteiger partial charge in [0, 0.05) is 56.6 Å². The van der Waals surface area contributed by atoms with Gasteiger partial charge in [-0.3, -0.25) is 14.5 Å². The summed E-state index contributed by atoms with van der Waals surface area (Å²) in [4.78, 5) is 10.8. The van der Waals surface area contributed by atoms with Gasteiger partial charge in [0.25, 0.3) is 0 Å². The molecular weight excluding hydrogens is 385 g/mol. The first-order valence-electron chi connectivity index (χ1n) is 9.82. The second-order valence-electron chi connectivity index (χ2n) is 7.41. The maximum Gasteiger partial charge on any atom is 0.170 e. The van der Waals surface area contributed by atoms with Gasteiger partial charge in [-0.25, -0.2) is 9.37 Å². The van der Waals surface area contributed by atoms with Crippen molar-refractivity contribution in [2.45, 2.75) is 12.3 Å². The highest BCUT2D eigenvalue weighted by molar-refractivity contribution is 5.61. The van der Waals surface area contributed by atoms with Crippen molar-refractivity contribution in [1.29, 1.82) is 0 Å². The summed E-state index contributed by atoms with van der Waals surface area (Å²) < 4.78 is 26.9. The summed E-state index contributed by atoms with van der Waals surface area (Å²) in [5.74, 6) is 1.34. The standard InChI is InChI=1S/C22H22FN5O2/c1-29-22-20-10-25-21(15-2-4-16(23)5-3-15)28(20)12-17(26-22)11-27-13-19(14-27)30-18-6-8-24-9-7-18/h2-10,12,19,22,26H,11,13-14H2,1H3. The van der Waals surface area contributed by atoms with E-state index >= 15 is 0 Å². The van der Waals surface area contributed by atoms with E-state index in [1.165, 1.54) is 12.1 Å². The third kappa shape index (κ3) is 3.67. The number of nitrogens with zero attached hydrogens (tertiary/aromatic N) is 4. The summed E-state index contributed by atoms with van der Waals surface area (Å²) in [6, 6.07) is 10.1. The van der Waals surface area contributed by atoms with E-state index in [1.54, 1.807) is 37.8 Å². The van der Waals surface area contributed by atoms with Crippen LogP contribution >= 0.6 is 0 Å². The van der Waals surface area contributed by atoms with Gasteiger partial charge < -0.3 is 14.8 Å². The molecule has 5 rings (SSSR count). The van der Waals surface area contributed by atoms with Crippen LogP contribution in [0.1, 0.15) is 11.9 Å². The molecule has 4 heterocycles. The summed E-state index contributed by atoms with van der Waals surface area (Å²) in [6.45, 7) is 2.44. The van der Waals surface area contributed by atoms with Crippen LogP contribution in [-0.2, 0) is 4.74 Å². The lowest BCUT2D eigenvalue weighted by molar-refractivity contribution is 0.0210. The molecule has 1 N–H and O–H groups in total. The predicted octanol–water partition coefficient (Wildman–Crippen LogP) is 2.89. The molecule has 30 heavy (non-hydrogen) atoms. The molecule has 7 nitrogen and oxygen atoms in total. The molecule has 3 aromatic rings. The molecule has 2 aliphatic heterocycles. The predicted molar refractivity (Wildman–Crippen MR) is 110 cm³/mol. The number of fused-ring (bicyclic) bond motifs is 1. The SMILES string of the molecule is COC1NC(CN2CC(Oc3ccncc3)C2)=Cn2c1cnc2-c1ccc(F)cc1. The zero-order valence-electron chi connectivity index (χ0n) is 16.5. The van der Waals surface area contributed by atoms with Crippen molar-refractivity contribution >= 4 is 6.20 Å². The summed E-state index contributed by atoms with van der Waals surface area (Å²) in [5, 5.41) is 3.42. The Morgan fingerprint density at radius 1 is 1.13 bits per heavy atom. The molecule has 1 aromatic carbocycles. The number of benzene rings is 1. The fourth-order valence-electron chi connectivity index (χ4n) is 3.79. The van der Waals surface area contributed by atoms with Crippen LogP contribution in [-0.4, -0.2) is 52.3 Å². The maximum atomic E-state index is 13.3. The van der Waals surface area contributed by atoms with Crippen LogP contribution in [0, 0.1) is 5.82 Å². The van der Waals surface area contributed by atoms with Gasteiger partial charge in [-0.1, -0.05) is 0 Å². The molecule has 0 bridgehead atoms. The molecule has 154 valence electrons. The zero-order valence-corrected chi connectivity index (χ0v) is 16.5. The second kappa shape index (κ2) is 7.89. The Hall–Kier alpha value is -3.23. The fourth-order valence-corrected chi connectivity index (χ4v) is 3.79. The molecule has 0 amide bonds. The van der Waals surface area contributed by atoms with Crippen LogP contribution in [0.15, 0.2) is 60.7 Å². The third-order valence-corrected chi connectivity index (χ3v) is 5.30. The van der Waals surface area contributed by atoms with Crippen molar-refractivity contribution in [2.24, 2.45) is 0 Å². The highest BCUT2D eigenvalue weighted by atomic mass is 19.1. The van der Waals surface area contributed by atoms with Crippen molar-refractivity contribution in [3.63, 3.8) is 0 Å². The largest absolute Gasteiger partial charge is 0.488 e. The Kier molecular flexibility index (Phi) is 4.94. The molecule has 1 saturated heterocycles.